The lowest BCUT2D eigenvalue weighted by Gasteiger charge is -2.21. The lowest BCUT2D eigenvalue weighted by molar-refractivity contribution is 0.0536. The second kappa shape index (κ2) is 11.1. The highest BCUT2D eigenvalue weighted by Crippen LogP contribution is 2.20. The van der Waals surface area contributed by atoms with Gasteiger partial charge < -0.3 is 24.2 Å². The SMILES string of the molecule is CCNC(=NCc1nc(-c2cccc(Cl)c2)no1)N1CCC(COCCOC)C1. The van der Waals surface area contributed by atoms with Gasteiger partial charge in [0.25, 0.3) is 0 Å². The minimum absolute atomic E-state index is 0.321. The van der Waals surface area contributed by atoms with Gasteiger partial charge in [0.2, 0.25) is 11.7 Å². The summed E-state index contributed by atoms with van der Waals surface area (Å²) in [6, 6.07) is 7.37. The van der Waals surface area contributed by atoms with Gasteiger partial charge in [-0.25, -0.2) is 4.99 Å². The fraction of sp³-hybridized carbons (Fsp3) is 0.550. The molecule has 0 aliphatic carbocycles. The molecule has 0 spiro atoms. The number of likely N-dealkylation sites (tertiary alicyclic amines) is 1. The maximum Gasteiger partial charge on any atom is 0.248 e. The zero-order chi connectivity index (χ0) is 20.5. The maximum atomic E-state index is 6.03. The first-order valence-electron chi connectivity index (χ1n) is 9.88. The number of methoxy groups -OCH3 is 1. The first kappa shape index (κ1) is 21.5. The number of nitrogens with zero attached hydrogens (tertiary/aromatic N) is 4. The normalized spacial score (nSPS) is 17.1. The Hall–Kier alpha value is -2.16. The van der Waals surface area contributed by atoms with E-state index < -0.39 is 0 Å². The number of rotatable bonds is 9. The molecule has 0 amide bonds. The molecule has 1 N–H and O–H groups in total. The Morgan fingerprint density at radius 2 is 2.31 bits per heavy atom. The highest BCUT2D eigenvalue weighted by Gasteiger charge is 2.25. The number of halogens is 1. The van der Waals surface area contributed by atoms with Crippen molar-refractivity contribution < 1.29 is 14.0 Å². The molecule has 0 bridgehead atoms. The molecule has 2 heterocycles. The Balaban J connectivity index is 1.57. The number of hydrogen-bond acceptors (Lipinski definition) is 6. The molecule has 1 aromatic heterocycles. The van der Waals surface area contributed by atoms with Gasteiger partial charge >= 0.3 is 0 Å². The van der Waals surface area contributed by atoms with E-state index >= 15 is 0 Å². The van der Waals surface area contributed by atoms with Crippen molar-refractivity contribution in [2.75, 3.05) is 46.6 Å². The minimum atomic E-state index is 0.321. The molecular weight excluding hydrogens is 394 g/mol. The Labute approximate surface area is 176 Å². The van der Waals surface area contributed by atoms with E-state index in [9.17, 15) is 0 Å². The summed E-state index contributed by atoms with van der Waals surface area (Å²) >= 11 is 6.03. The van der Waals surface area contributed by atoms with Crippen LogP contribution in [0.2, 0.25) is 5.02 Å². The van der Waals surface area contributed by atoms with E-state index in [1.165, 1.54) is 0 Å². The number of ether oxygens (including phenoxy) is 2. The molecule has 1 fully saturated rings. The van der Waals surface area contributed by atoms with Gasteiger partial charge in [-0.2, -0.15) is 4.98 Å². The summed E-state index contributed by atoms with van der Waals surface area (Å²) in [5.74, 6) is 2.33. The molecule has 0 saturated carbocycles. The highest BCUT2D eigenvalue weighted by molar-refractivity contribution is 6.30. The molecule has 0 radical (unpaired) electrons. The smallest absolute Gasteiger partial charge is 0.248 e. The molecule has 1 atom stereocenters. The van der Waals surface area contributed by atoms with Crippen molar-refractivity contribution >= 4 is 17.6 Å². The topological polar surface area (TPSA) is 85.0 Å². The van der Waals surface area contributed by atoms with Crippen molar-refractivity contribution in [3.8, 4) is 11.4 Å². The maximum absolute atomic E-state index is 6.03. The van der Waals surface area contributed by atoms with Gasteiger partial charge in [0.1, 0.15) is 6.54 Å². The first-order valence-corrected chi connectivity index (χ1v) is 10.3. The molecule has 158 valence electrons. The summed E-state index contributed by atoms with van der Waals surface area (Å²) in [5, 5.41) is 8.02. The average molecular weight is 422 g/mol. The van der Waals surface area contributed by atoms with E-state index in [4.69, 9.17) is 25.6 Å². The lowest BCUT2D eigenvalue weighted by atomic mass is 10.1. The van der Waals surface area contributed by atoms with Gasteiger partial charge in [0, 0.05) is 43.2 Å². The predicted octanol–water partition coefficient (Wildman–Crippen LogP) is 2.84. The number of aliphatic imine (C=N–C) groups is 1. The summed E-state index contributed by atoms with van der Waals surface area (Å²) in [5.41, 5.74) is 0.819. The van der Waals surface area contributed by atoms with Crippen LogP contribution in [0, 0.1) is 5.92 Å². The third kappa shape index (κ3) is 6.42. The van der Waals surface area contributed by atoms with Crippen LogP contribution in [0.25, 0.3) is 11.4 Å². The Morgan fingerprint density at radius 3 is 3.10 bits per heavy atom. The largest absolute Gasteiger partial charge is 0.382 e. The second-order valence-electron chi connectivity index (χ2n) is 6.86. The third-order valence-corrected chi connectivity index (χ3v) is 4.86. The van der Waals surface area contributed by atoms with Gasteiger partial charge in [-0.1, -0.05) is 28.9 Å². The minimum Gasteiger partial charge on any atom is -0.382 e. The molecule has 8 nitrogen and oxygen atoms in total. The number of guanidine groups is 1. The van der Waals surface area contributed by atoms with Crippen molar-refractivity contribution in [3.63, 3.8) is 0 Å². The molecule has 9 heteroatoms. The molecule has 1 aromatic carbocycles. The summed E-state index contributed by atoms with van der Waals surface area (Å²) < 4.78 is 16.0. The average Bonchev–Trinajstić information content (AvgIpc) is 3.38. The predicted molar refractivity (Wildman–Crippen MR) is 112 cm³/mol. The van der Waals surface area contributed by atoms with Crippen LogP contribution in [0.3, 0.4) is 0 Å². The molecule has 1 unspecified atom stereocenters. The Kier molecular flexibility index (Phi) is 8.27. The van der Waals surface area contributed by atoms with Crippen LogP contribution in [0.4, 0.5) is 0 Å². The zero-order valence-electron chi connectivity index (χ0n) is 16.9. The summed E-state index contributed by atoms with van der Waals surface area (Å²) in [6.07, 6.45) is 1.08. The van der Waals surface area contributed by atoms with Crippen molar-refractivity contribution in [1.29, 1.82) is 0 Å². The van der Waals surface area contributed by atoms with Gasteiger partial charge in [-0.15, -0.1) is 0 Å². The van der Waals surface area contributed by atoms with Crippen LogP contribution in [0.15, 0.2) is 33.8 Å². The van der Waals surface area contributed by atoms with E-state index in [1.807, 2.05) is 24.3 Å². The molecule has 3 rings (SSSR count). The van der Waals surface area contributed by atoms with Crippen molar-refractivity contribution in [2.45, 2.75) is 19.9 Å². The number of nitrogens with one attached hydrogen (secondary N) is 1. The third-order valence-electron chi connectivity index (χ3n) is 4.62. The van der Waals surface area contributed by atoms with Crippen LogP contribution < -0.4 is 5.32 Å². The molecule has 2 aromatic rings. The molecule has 1 aliphatic heterocycles. The van der Waals surface area contributed by atoms with Crippen molar-refractivity contribution in [3.05, 3.63) is 35.2 Å². The number of hydrogen-bond donors (Lipinski definition) is 1. The fourth-order valence-electron chi connectivity index (χ4n) is 3.19. The van der Waals surface area contributed by atoms with Crippen LogP contribution in [0.1, 0.15) is 19.2 Å². The molecule has 1 saturated heterocycles. The first-order chi connectivity index (χ1) is 14.2. The van der Waals surface area contributed by atoms with E-state index in [0.717, 1.165) is 44.2 Å². The summed E-state index contributed by atoms with van der Waals surface area (Å²) in [7, 11) is 1.68. The van der Waals surface area contributed by atoms with Crippen LogP contribution in [0.5, 0.6) is 0 Å². The zero-order valence-corrected chi connectivity index (χ0v) is 17.7. The molecular formula is C20H28ClN5O3. The lowest BCUT2D eigenvalue weighted by Crippen LogP contribution is -2.40. The quantitative estimate of drug-likeness (QED) is 0.378. The molecule has 29 heavy (non-hydrogen) atoms. The summed E-state index contributed by atoms with van der Waals surface area (Å²) in [6.45, 7) is 7.03. The van der Waals surface area contributed by atoms with Gasteiger partial charge in [0.05, 0.1) is 19.8 Å². The van der Waals surface area contributed by atoms with Gasteiger partial charge in [-0.05, 0) is 25.5 Å². The fourth-order valence-corrected chi connectivity index (χ4v) is 3.38. The van der Waals surface area contributed by atoms with Gasteiger partial charge in [-0.3, -0.25) is 0 Å². The number of aromatic nitrogens is 2. The van der Waals surface area contributed by atoms with E-state index in [2.05, 4.69) is 32.3 Å². The standard InChI is InChI=1S/C20H28ClN5O3/c1-3-22-20(26-8-7-15(13-26)14-28-10-9-27-2)23-12-18-24-19(25-29-18)16-5-4-6-17(21)11-16/h4-6,11,15H,3,7-10,12-14H2,1-2H3,(H,22,23). The van der Waals surface area contributed by atoms with Gasteiger partial charge in [0.15, 0.2) is 5.96 Å². The Morgan fingerprint density at radius 1 is 1.41 bits per heavy atom. The van der Waals surface area contributed by atoms with E-state index in [0.29, 0.717) is 42.4 Å². The number of benzene rings is 1. The highest BCUT2D eigenvalue weighted by atomic mass is 35.5. The Bertz CT molecular complexity index is 798. The van der Waals surface area contributed by atoms with Crippen LogP contribution in [-0.4, -0.2) is 67.6 Å². The second-order valence-corrected chi connectivity index (χ2v) is 7.30. The van der Waals surface area contributed by atoms with E-state index in [-0.39, 0.29) is 0 Å². The van der Waals surface area contributed by atoms with Crippen molar-refractivity contribution in [2.24, 2.45) is 10.9 Å². The van der Waals surface area contributed by atoms with E-state index in [1.54, 1.807) is 7.11 Å². The van der Waals surface area contributed by atoms with Crippen molar-refractivity contribution in [1.82, 2.24) is 20.4 Å². The molecule has 1 aliphatic rings. The summed E-state index contributed by atoms with van der Waals surface area (Å²) in [4.78, 5) is 11.4. The monoisotopic (exact) mass is 421 g/mol. The van der Waals surface area contributed by atoms with Crippen LogP contribution in [-0.2, 0) is 16.0 Å². The van der Waals surface area contributed by atoms with Crippen LogP contribution >= 0.6 is 11.6 Å².